The van der Waals surface area contributed by atoms with E-state index in [-0.39, 0.29) is 17.9 Å². The third-order valence-electron chi connectivity index (χ3n) is 3.89. The Morgan fingerprint density at radius 2 is 1.88 bits per heavy atom. The first-order valence-electron chi connectivity index (χ1n) is 7.55. The SMILES string of the molecule is COc1ccc(S(=O)(=O)N2CC=CCC(NC(=O)O)C2C(=O)NO)cc1. The molecule has 26 heavy (non-hydrogen) atoms. The number of rotatable bonds is 5. The third kappa shape index (κ3) is 4.12. The molecule has 0 radical (unpaired) electrons. The summed E-state index contributed by atoms with van der Waals surface area (Å²) in [5.74, 6) is -0.584. The molecule has 1 aliphatic rings. The van der Waals surface area contributed by atoms with Gasteiger partial charge in [0.1, 0.15) is 11.8 Å². The lowest BCUT2D eigenvalue weighted by Crippen LogP contribution is -2.58. The fourth-order valence-electron chi connectivity index (χ4n) is 2.67. The van der Waals surface area contributed by atoms with Crippen LogP contribution in [0.4, 0.5) is 4.79 Å². The Bertz CT molecular complexity index is 792. The fourth-order valence-corrected chi connectivity index (χ4v) is 4.25. The van der Waals surface area contributed by atoms with Crippen LogP contribution in [-0.2, 0) is 14.8 Å². The minimum atomic E-state index is -4.16. The van der Waals surface area contributed by atoms with Crippen molar-refractivity contribution in [2.75, 3.05) is 13.7 Å². The van der Waals surface area contributed by atoms with Gasteiger partial charge in [-0.3, -0.25) is 10.0 Å². The largest absolute Gasteiger partial charge is 0.497 e. The molecule has 11 heteroatoms. The molecular formula is C15H19N3O7S. The van der Waals surface area contributed by atoms with E-state index < -0.39 is 34.1 Å². The van der Waals surface area contributed by atoms with Crippen LogP contribution >= 0.6 is 0 Å². The predicted molar refractivity (Wildman–Crippen MR) is 89.3 cm³/mol. The minimum Gasteiger partial charge on any atom is -0.497 e. The topological polar surface area (TPSA) is 145 Å². The molecule has 0 aromatic heterocycles. The second kappa shape index (κ2) is 8.17. The minimum absolute atomic E-state index is 0.0824. The Balaban J connectivity index is 2.47. The summed E-state index contributed by atoms with van der Waals surface area (Å²) in [6, 6.07) is 2.99. The lowest BCUT2D eigenvalue weighted by atomic mass is 10.1. The average Bonchev–Trinajstić information content (AvgIpc) is 2.83. The molecular weight excluding hydrogens is 366 g/mol. The van der Waals surface area contributed by atoms with Crippen molar-refractivity contribution in [3.8, 4) is 5.75 Å². The molecule has 4 N–H and O–H groups in total. The number of ether oxygens (including phenoxy) is 1. The van der Waals surface area contributed by atoms with E-state index in [4.69, 9.17) is 15.1 Å². The van der Waals surface area contributed by atoms with E-state index in [9.17, 15) is 18.0 Å². The Morgan fingerprint density at radius 3 is 2.42 bits per heavy atom. The summed E-state index contributed by atoms with van der Waals surface area (Å²) in [6.45, 7) is -0.162. The standard InChI is InChI=1S/C15H19N3O7S/c1-25-10-5-7-11(8-6-10)26(23,24)18-9-3-2-4-12(16-15(20)21)13(18)14(19)17-22/h2-3,5-8,12-13,16,22H,4,9H2,1H3,(H,17,19)(H,20,21). The van der Waals surface area contributed by atoms with Gasteiger partial charge in [-0.1, -0.05) is 12.2 Å². The highest BCUT2D eigenvalue weighted by atomic mass is 32.2. The van der Waals surface area contributed by atoms with Crippen molar-refractivity contribution in [3.05, 3.63) is 36.4 Å². The van der Waals surface area contributed by atoms with Crippen LogP contribution in [0.25, 0.3) is 0 Å². The summed E-state index contributed by atoms with van der Waals surface area (Å²) in [6.07, 6.45) is 1.76. The zero-order chi connectivity index (χ0) is 19.3. The molecule has 2 rings (SSSR count). The van der Waals surface area contributed by atoms with E-state index in [1.807, 2.05) is 0 Å². The van der Waals surface area contributed by atoms with E-state index >= 15 is 0 Å². The van der Waals surface area contributed by atoms with Crippen LogP contribution in [0.5, 0.6) is 5.75 Å². The molecule has 1 aromatic carbocycles. The zero-order valence-corrected chi connectivity index (χ0v) is 14.6. The molecule has 1 aliphatic heterocycles. The number of carboxylic acid groups (broad SMARTS) is 1. The highest BCUT2D eigenvalue weighted by molar-refractivity contribution is 7.89. The number of hydrogen-bond donors (Lipinski definition) is 4. The van der Waals surface area contributed by atoms with Crippen molar-refractivity contribution in [1.82, 2.24) is 15.1 Å². The van der Waals surface area contributed by atoms with Gasteiger partial charge >= 0.3 is 6.09 Å². The van der Waals surface area contributed by atoms with Crippen LogP contribution in [0.15, 0.2) is 41.3 Å². The number of nitrogens with one attached hydrogen (secondary N) is 2. The van der Waals surface area contributed by atoms with Crippen molar-refractivity contribution in [3.63, 3.8) is 0 Å². The Hall–Kier alpha value is -2.63. The molecule has 10 nitrogen and oxygen atoms in total. The number of benzene rings is 1. The summed E-state index contributed by atoms with van der Waals surface area (Å²) < 4.78 is 31.9. The molecule has 1 heterocycles. The van der Waals surface area contributed by atoms with Gasteiger partial charge in [0, 0.05) is 6.54 Å². The van der Waals surface area contributed by atoms with Gasteiger partial charge in [0.25, 0.3) is 5.91 Å². The molecule has 2 unspecified atom stereocenters. The molecule has 0 saturated heterocycles. The maximum atomic E-state index is 13.0. The smallest absolute Gasteiger partial charge is 0.404 e. The fraction of sp³-hybridized carbons (Fsp3) is 0.333. The molecule has 0 saturated carbocycles. The van der Waals surface area contributed by atoms with Crippen molar-refractivity contribution < 1.29 is 33.1 Å². The van der Waals surface area contributed by atoms with Crippen molar-refractivity contribution in [2.45, 2.75) is 23.4 Å². The molecule has 2 atom stereocenters. The molecule has 0 bridgehead atoms. The van der Waals surface area contributed by atoms with Gasteiger partial charge in [-0.2, -0.15) is 4.31 Å². The summed E-state index contributed by atoms with van der Waals surface area (Å²) >= 11 is 0. The van der Waals surface area contributed by atoms with Gasteiger partial charge in [0.05, 0.1) is 18.0 Å². The maximum absolute atomic E-state index is 13.0. The van der Waals surface area contributed by atoms with Gasteiger partial charge < -0.3 is 15.2 Å². The second-order valence-electron chi connectivity index (χ2n) is 5.43. The first kappa shape index (κ1) is 19.7. The van der Waals surface area contributed by atoms with Crippen LogP contribution in [-0.4, -0.2) is 60.8 Å². The number of amides is 2. The van der Waals surface area contributed by atoms with Crippen molar-refractivity contribution in [2.24, 2.45) is 0 Å². The van der Waals surface area contributed by atoms with Crippen LogP contribution in [0.3, 0.4) is 0 Å². The lowest BCUT2D eigenvalue weighted by Gasteiger charge is -2.32. The Labute approximate surface area is 150 Å². The molecule has 1 aromatic rings. The van der Waals surface area contributed by atoms with E-state index in [1.54, 1.807) is 6.08 Å². The second-order valence-corrected chi connectivity index (χ2v) is 7.32. The van der Waals surface area contributed by atoms with Gasteiger partial charge in [-0.05, 0) is 30.7 Å². The van der Waals surface area contributed by atoms with Crippen LogP contribution < -0.4 is 15.5 Å². The maximum Gasteiger partial charge on any atom is 0.404 e. The average molecular weight is 385 g/mol. The zero-order valence-electron chi connectivity index (χ0n) is 13.8. The van der Waals surface area contributed by atoms with Gasteiger partial charge in [-0.15, -0.1) is 0 Å². The summed E-state index contributed by atoms with van der Waals surface area (Å²) in [5.41, 5.74) is 1.41. The van der Waals surface area contributed by atoms with Crippen molar-refractivity contribution >= 4 is 22.0 Å². The number of sulfonamides is 1. The Kier molecular flexibility index (Phi) is 6.18. The van der Waals surface area contributed by atoms with Crippen molar-refractivity contribution in [1.29, 1.82) is 0 Å². The van der Waals surface area contributed by atoms with Crippen LogP contribution in [0.1, 0.15) is 6.42 Å². The van der Waals surface area contributed by atoms with Crippen LogP contribution in [0.2, 0.25) is 0 Å². The highest BCUT2D eigenvalue weighted by Crippen LogP contribution is 2.25. The molecule has 142 valence electrons. The summed E-state index contributed by atoms with van der Waals surface area (Å²) in [5, 5.41) is 20.1. The molecule has 0 aliphatic carbocycles. The quantitative estimate of drug-likeness (QED) is 0.321. The van der Waals surface area contributed by atoms with E-state index in [1.165, 1.54) is 42.9 Å². The number of hydroxylamine groups is 1. The number of nitrogens with zero attached hydrogens (tertiary/aromatic N) is 1. The van der Waals surface area contributed by atoms with Crippen LogP contribution in [0, 0.1) is 0 Å². The summed E-state index contributed by atoms with van der Waals surface area (Å²) in [7, 11) is -2.72. The third-order valence-corrected chi connectivity index (χ3v) is 5.75. The lowest BCUT2D eigenvalue weighted by molar-refractivity contribution is -0.133. The number of methoxy groups -OCH3 is 1. The number of carbonyl (C=O) groups excluding carboxylic acids is 1. The van der Waals surface area contributed by atoms with Gasteiger partial charge in [-0.25, -0.2) is 18.7 Å². The van der Waals surface area contributed by atoms with E-state index in [0.717, 1.165) is 4.31 Å². The number of carbonyl (C=O) groups is 2. The Morgan fingerprint density at radius 1 is 1.23 bits per heavy atom. The first-order valence-corrected chi connectivity index (χ1v) is 8.99. The summed E-state index contributed by atoms with van der Waals surface area (Å²) in [4.78, 5) is 23.1. The normalized spacial score (nSPS) is 20.8. The highest BCUT2D eigenvalue weighted by Gasteiger charge is 2.41. The van der Waals surface area contributed by atoms with Gasteiger partial charge in [0.15, 0.2) is 0 Å². The molecule has 0 spiro atoms. The van der Waals surface area contributed by atoms with E-state index in [2.05, 4.69) is 5.32 Å². The molecule has 2 amide bonds. The monoisotopic (exact) mass is 385 g/mol. The van der Waals surface area contributed by atoms with E-state index in [0.29, 0.717) is 5.75 Å². The number of hydrogen-bond acceptors (Lipinski definition) is 6. The predicted octanol–water partition coefficient (Wildman–Crippen LogP) is 0.156. The first-order chi connectivity index (χ1) is 12.3. The molecule has 0 fully saturated rings. The van der Waals surface area contributed by atoms with Gasteiger partial charge in [0.2, 0.25) is 10.0 Å².